The zero-order valence-corrected chi connectivity index (χ0v) is 30.8. The smallest absolute Gasteiger partial charge is 0.458 e. The van der Waals surface area contributed by atoms with Crippen LogP contribution in [0.25, 0.3) is 5.57 Å². The van der Waals surface area contributed by atoms with E-state index in [-0.39, 0.29) is 36.0 Å². The lowest BCUT2D eigenvalue weighted by Gasteiger charge is -2.46. The number of carbonyl (C=O) groups excluding carboxylic acids is 2. The Balaban J connectivity index is 1.50. The molecule has 1 aliphatic carbocycles. The van der Waals surface area contributed by atoms with Gasteiger partial charge < -0.3 is 18.6 Å². The topological polar surface area (TPSA) is 71.1 Å². The Morgan fingerprint density at radius 1 is 0.980 bits per heavy atom. The highest BCUT2D eigenvalue weighted by Crippen LogP contribution is 2.46. The summed E-state index contributed by atoms with van der Waals surface area (Å²) in [6, 6.07) is 25.9. The average Bonchev–Trinajstić information content (AvgIpc) is 3.04. The van der Waals surface area contributed by atoms with Gasteiger partial charge in [-0.2, -0.15) is 0 Å². The Labute approximate surface area is 291 Å². The van der Waals surface area contributed by atoms with E-state index in [2.05, 4.69) is 83.1 Å². The van der Waals surface area contributed by atoms with E-state index in [1.165, 1.54) is 6.07 Å². The van der Waals surface area contributed by atoms with Gasteiger partial charge in [0.2, 0.25) is 0 Å². The van der Waals surface area contributed by atoms with Crippen molar-refractivity contribution in [3.8, 4) is 0 Å². The van der Waals surface area contributed by atoms with Crippen LogP contribution in [-0.2, 0) is 23.4 Å². The molecular weight excluding hydrogens is 636 g/mol. The third-order valence-corrected chi connectivity index (χ3v) is 14.8. The molecule has 2 aliphatic rings. The Kier molecular flexibility index (Phi) is 11.0. The Bertz CT molecular complexity index is 1650. The van der Waals surface area contributed by atoms with Gasteiger partial charge in [0.05, 0.1) is 19.1 Å². The summed E-state index contributed by atoms with van der Waals surface area (Å²) in [5, 5.41) is 2.09. The molecule has 1 fully saturated rings. The van der Waals surface area contributed by atoms with E-state index in [0.29, 0.717) is 24.8 Å². The predicted molar refractivity (Wildman–Crippen MR) is 194 cm³/mol. The van der Waals surface area contributed by atoms with Crippen molar-refractivity contribution < 1.29 is 32.6 Å². The maximum Gasteiger partial charge on any atom is 0.508 e. The molecule has 3 atom stereocenters. The van der Waals surface area contributed by atoms with Crippen LogP contribution in [-0.4, -0.2) is 45.4 Å². The first kappa shape index (κ1) is 36.3. The number of carbonyl (C=O) groups is 2. The molecule has 0 N–H and O–H groups in total. The van der Waals surface area contributed by atoms with Crippen molar-refractivity contribution in [2.75, 3.05) is 6.61 Å². The van der Waals surface area contributed by atoms with Crippen LogP contribution in [0.5, 0.6) is 0 Å². The van der Waals surface area contributed by atoms with Crippen molar-refractivity contribution in [1.82, 2.24) is 0 Å². The van der Waals surface area contributed by atoms with E-state index < -0.39 is 32.1 Å². The van der Waals surface area contributed by atoms with Crippen LogP contribution in [0, 0.1) is 18.2 Å². The second-order valence-electron chi connectivity index (χ2n) is 14.8. The van der Waals surface area contributed by atoms with E-state index in [1.54, 1.807) is 19.9 Å². The maximum atomic E-state index is 14.3. The van der Waals surface area contributed by atoms with E-state index in [9.17, 15) is 14.0 Å². The summed E-state index contributed by atoms with van der Waals surface area (Å²) >= 11 is 0. The number of hydrogen-bond acceptors (Lipinski definition) is 6. The monoisotopic (exact) mass is 684 g/mol. The summed E-state index contributed by atoms with van der Waals surface area (Å²) < 4.78 is 38.4. The van der Waals surface area contributed by atoms with Crippen LogP contribution in [0.4, 0.5) is 9.18 Å². The molecule has 1 aliphatic heterocycles. The number of aryl methyl sites for hydroxylation is 1. The van der Waals surface area contributed by atoms with Gasteiger partial charge in [-0.05, 0) is 81.6 Å². The van der Waals surface area contributed by atoms with Gasteiger partial charge in [0, 0.05) is 12.8 Å². The molecule has 8 heteroatoms. The second-order valence-corrected chi connectivity index (χ2v) is 19.1. The number of rotatable bonds is 9. The second kappa shape index (κ2) is 14.8. The molecular formula is C41H49FO6Si. The molecule has 0 amide bonds. The zero-order valence-electron chi connectivity index (χ0n) is 29.8. The number of benzene rings is 3. The van der Waals surface area contributed by atoms with Crippen LogP contribution in [0.1, 0.15) is 78.4 Å². The van der Waals surface area contributed by atoms with Crippen molar-refractivity contribution in [3.05, 3.63) is 114 Å². The third kappa shape index (κ3) is 8.08. The molecule has 3 aromatic carbocycles. The quantitative estimate of drug-likeness (QED) is 0.166. The molecule has 0 aromatic heterocycles. The highest BCUT2D eigenvalue weighted by atomic mass is 28.4. The normalized spacial score (nSPS) is 21.4. The number of allylic oxidation sites excluding steroid dienone is 2. The Hall–Kier alpha value is -4.01. The molecule has 6 nitrogen and oxygen atoms in total. The summed E-state index contributed by atoms with van der Waals surface area (Å²) in [7, 11) is -2.89. The lowest BCUT2D eigenvalue weighted by atomic mass is 9.69. The molecule has 260 valence electrons. The van der Waals surface area contributed by atoms with Gasteiger partial charge >= 0.3 is 12.1 Å². The molecule has 49 heavy (non-hydrogen) atoms. The molecule has 0 radical (unpaired) electrons. The van der Waals surface area contributed by atoms with E-state index >= 15 is 0 Å². The van der Waals surface area contributed by atoms with Gasteiger partial charge in [-0.15, -0.1) is 0 Å². The van der Waals surface area contributed by atoms with Gasteiger partial charge in [-0.3, -0.25) is 4.79 Å². The fraction of sp³-hybridized carbons (Fsp3) is 0.415. The van der Waals surface area contributed by atoms with E-state index in [1.807, 2.05) is 30.4 Å². The van der Waals surface area contributed by atoms with Crippen molar-refractivity contribution in [2.24, 2.45) is 5.41 Å². The van der Waals surface area contributed by atoms with Crippen LogP contribution in [0.3, 0.4) is 0 Å². The fourth-order valence-electron chi connectivity index (χ4n) is 7.45. The number of ether oxygens (including phenoxy) is 3. The minimum atomic E-state index is -2.89. The number of hydrogen-bond donors (Lipinski definition) is 0. The summed E-state index contributed by atoms with van der Waals surface area (Å²) in [5.41, 5.74) is 2.94. The molecule has 0 saturated carbocycles. The number of cyclic esters (lactones) is 1. The summed E-state index contributed by atoms with van der Waals surface area (Å²) in [6.45, 7) is 14.6. The highest BCUT2D eigenvalue weighted by molar-refractivity contribution is 6.99. The minimum absolute atomic E-state index is 0.177. The molecule has 5 rings (SSSR count). The first-order valence-electron chi connectivity index (χ1n) is 17.2. The van der Waals surface area contributed by atoms with Crippen LogP contribution >= 0.6 is 0 Å². The standard InChI is InChI=1S/C41H49FO6Si/c1-8-45-39(44)47-32-25-35(29-19-22-37(42)28(2)23-29)36(41(6,7)27-32)21-20-30-24-31(26-38(43)46-30)48-49(40(3,4)5,33-15-11-9-12-16-33)34-17-13-10-14-18-34/h9-23,30-32H,8,24-27H2,1-7H3/b21-20+/t30-,31-,32-/m1/s1. The van der Waals surface area contributed by atoms with Gasteiger partial charge in [0.15, 0.2) is 0 Å². The first-order valence-corrected chi connectivity index (χ1v) is 19.1. The van der Waals surface area contributed by atoms with Crippen molar-refractivity contribution in [1.29, 1.82) is 0 Å². The van der Waals surface area contributed by atoms with Crippen molar-refractivity contribution >= 4 is 36.4 Å². The Morgan fingerprint density at radius 2 is 1.61 bits per heavy atom. The summed E-state index contributed by atoms with van der Waals surface area (Å²) in [4.78, 5) is 25.5. The lowest BCUT2D eigenvalue weighted by molar-refractivity contribution is -0.155. The Morgan fingerprint density at radius 3 is 2.18 bits per heavy atom. The lowest BCUT2D eigenvalue weighted by Crippen LogP contribution is -2.68. The van der Waals surface area contributed by atoms with Crippen molar-refractivity contribution in [3.63, 3.8) is 0 Å². The highest BCUT2D eigenvalue weighted by Gasteiger charge is 2.52. The summed E-state index contributed by atoms with van der Waals surface area (Å²) in [5.74, 6) is -0.574. The van der Waals surface area contributed by atoms with Crippen LogP contribution in [0.15, 0.2) is 96.6 Å². The minimum Gasteiger partial charge on any atom is -0.458 e. The summed E-state index contributed by atoms with van der Waals surface area (Å²) in [6.07, 6.45) is 3.74. The van der Waals surface area contributed by atoms with Gasteiger partial charge in [-0.1, -0.05) is 107 Å². The molecule has 3 aromatic rings. The van der Waals surface area contributed by atoms with Gasteiger partial charge in [0.25, 0.3) is 8.32 Å². The first-order chi connectivity index (χ1) is 23.2. The largest absolute Gasteiger partial charge is 0.508 e. The molecule has 1 heterocycles. The van der Waals surface area contributed by atoms with Crippen LogP contribution in [0.2, 0.25) is 5.04 Å². The van der Waals surface area contributed by atoms with Crippen molar-refractivity contribution in [2.45, 2.75) is 97.5 Å². The maximum absolute atomic E-state index is 14.3. The molecule has 0 unspecified atom stereocenters. The zero-order chi connectivity index (χ0) is 35.4. The van der Waals surface area contributed by atoms with Crippen LogP contribution < -0.4 is 10.4 Å². The molecule has 0 bridgehead atoms. The average molecular weight is 685 g/mol. The fourth-order valence-corrected chi connectivity index (χ4v) is 12.1. The number of halogens is 1. The van der Waals surface area contributed by atoms with Gasteiger partial charge in [-0.25, -0.2) is 9.18 Å². The molecule has 0 spiro atoms. The SMILES string of the molecule is CCOC(=O)O[C@@H]1CC(c2ccc(F)c(C)c2)=C(/C=C/[C@@H]2C[C@@H](O[Si](c3ccccc3)(c3ccccc3)C(C)(C)C)CC(=O)O2)C(C)(C)C1. The predicted octanol–water partition coefficient (Wildman–Crippen LogP) is 8.46. The van der Waals surface area contributed by atoms with Gasteiger partial charge in [0.1, 0.15) is 18.0 Å². The number of esters is 1. The molecule has 1 saturated heterocycles. The van der Waals surface area contributed by atoms with E-state index in [0.717, 1.165) is 27.1 Å². The van der Waals surface area contributed by atoms with E-state index in [4.69, 9.17) is 18.6 Å². The third-order valence-electron chi connectivity index (χ3n) is 9.67.